The molecule has 0 bridgehead atoms. The van der Waals surface area contributed by atoms with Crippen LogP contribution in [0.5, 0.6) is 11.5 Å². The number of nitriles is 1. The molecule has 0 saturated heterocycles. The minimum Gasteiger partial charge on any atom is -0.507 e. The van der Waals surface area contributed by atoms with Crippen LogP contribution in [0.15, 0.2) is 36.4 Å². The van der Waals surface area contributed by atoms with Crippen LogP contribution in [0.1, 0.15) is 36.6 Å². The summed E-state index contributed by atoms with van der Waals surface area (Å²) in [5.41, 5.74) is 0.616. The topological polar surface area (TPSA) is 134 Å². The van der Waals surface area contributed by atoms with Gasteiger partial charge in [-0.1, -0.05) is 0 Å². The van der Waals surface area contributed by atoms with E-state index < -0.39 is 11.9 Å². The predicted octanol–water partition coefficient (Wildman–Crippen LogP) is 2.04. The van der Waals surface area contributed by atoms with Gasteiger partial charge in [0.05, 0.1) is 36.5 Å². The molecule has 2 rings (SSSR count). The minimum atomic E-state index is -0.539. The van der Waals surface area contributed by atoms with Crippen LogP contribution in [0, 0.1) is 11.3 Å². The zero-order valence-corrected chi connectivity index (χ0v) is 13.9. The van der Waals surface area contributed by atoms with E-state index in [4.69, 9.17) is 15.5 Å². The van der Waals surface area contributed by atoms with Gasteiger partial charge in [0, 0.05) is 0 Å². The lowest BCUT2D eigenvalue weighted by Crippen LogP contribution is -2.01. The lowest BCUT2D eigenvalue weighted by atomic mass is 10.1. The Morgan fingerprint density at radius 3 is 1.92 bits per heavy atom. The van der Waals surface area contributed by atoms with Crippen LogP contribution in [0.4, 0.5) is 0 Å². The zero-order valence-electron chi connectivity index (χ0n) is 13.9. The lowest BCUT2D eigenvalue weighted by molar-refractivity contribution is 0.0591. The molecule has 0 radical (unpaired) electrons. The van der Waals surface area contributed by atoms with Gasteiger partial charge in [-0.3, -0.25) is 4.79 Å². The summed E-state index contributed by atoms with van der Waals surface area (Å²) in [5.74, 6) is -1.36. The summed E-state index contributed by atoms with van der Waals surface area (Å²) in [6.07, 6.45) is 0.474. The number of carbonyl (C=O) groups is 3. The Kier molecular flexibility index (Phi) is 7.33. The standard InChI is InChI=1S/C9H7NO3.C9H8O4/c2*1-13-9(12)6-2-3-8(11)7(4-6)5-10/h2-4,11H,1H3;2-5,11H,1H3. The van der Waals surface area contributed by atoms with Crippen LogP contribution < -0.4 is 0 Å². The highest BCUT2D eigenvalue weighted by Crippen LogP contribution is 2.18. The van der Waals surface area contributed by atoms with Gasteiger partial charge in [0.25, 0.3) is 0 Å². The number of phenols is 2. The fraction of sp³-hybridized carbons (Fsp3) is 0.111. The first-order valence-corrected chi connectivity index (χ1v) is 7.05. The summed E-state index contributed by atoms with van der Waals surface area (Å²) >= 11 is 0. The van der Waals surface area contributed by atoms with E-state index in [0.29, 0.717) is 6.29 Å². The molecule has 0 aliphatic heterocycles. The molecule has 0 heterocycles. The fourth-order valence-corrected chi connectivity index (χ4v) is 1.76. The fourth-order valence-electron chi connectivity index (χ4n) is 1.76. The summed E-state index contributed by atoms with van der Waals surface area (Å²) in [5, 5.41) is 26.8. The number of nitrogens with zero attached hydrogens (tertiary/aromatic N) is 1. The Labute approximate surface area is 148 Å². The van der Waals surface area contributed by atoms with Crippen LogP contribution >= 0.6 is 0 Å². The number of hydrogen-bond donors (Lipinski definition) is 2. The van der Waals surface area contributed by atoms with Crippen molar-refractivity contribution in [2.24, 2.45) is 0 Å². The Bertz CT molecular complexity index is 868. The Balaban J connectivity index is 0.000000260. The second kappa shape index (κ2) is 9.44. The normalized spacial score (nSPS) is 9.12. The SMILES string of the molecule is COC(=O)c1ccc(O)c(C#N)c1.COC(=O)c1ccc(O)c(C=O)c1. The highest BCUT2D eigenvalue weighted by atomic mass is 16.5. The van der Waals surface area contributed by atoms with E-state index in [1.54, 1.807) is 6.07 Å². The van der Waals surface area contributed by atoms with E-state index in [0.717, 1.165) is 0 Å². The first-order chi connectivity index (χ1) is 12.4. The number of rotatable bonds is 3. The van der Waals surface area contributed by atoms with Crippen molar-refractivity contribution in [3.8, 4) is 17.6 Å². The van der Waals surface area contributed by atoms with E-state index in [1.807, 2.05) is 0 Å². The second-order valence-electron chi connectivity index (χ2n) is 4.72. The summed E-state index contributed by atoms with van der Waals surface area (Å²) in [6.45, 7) is 0. The van der Waals surface area contributed by atoms with Crippen molar-refractivity contribution in [3.05, 3.63) is 58.7 Å². The monoisotopic (exact) mass is 357 g/mol. The summed E-state index contributed by atoms with van der Waals surface area (Å²) < 4.78 is 8.88. The van der Waals surface area contributed by atoms with Gasteiger partial charge in [-0.25, -0.2) is 9.59 Å². The number of aldehydes is 1. The van der Waals surface area contributed by atoms with E-state index in [2.05, 4.69) is 9.47 Å². The van der Waals surface area contributed by atoms with Crippen molar-refractivity contribution in [2.75, 3.05) is 14.2 Å². The molecule has 0 amide bonds. The quantitative estimate of drug-likeness (QED) is 0.629. The maximum absolute atomic E-state index is 11.0. The zero-order chi connectivity index (χ0) is 19.7. The maximum atomic E-state index is 11.0. The maximum Gasteiger partial charge on any atom is 0.337 e. The molecule has 0 saturated carbocycles. The number of aromatic hydroxyl groups is 2. The molecular formula is C18H15NO7. The first-order valence-electron chi connectivity index (χ1n) is 7.05. The van der Waals surface area contributed by atoms with Gasteiger partial charge in [-0.2, -0.15) is 5.26 Å². The van der Waals surface area contributed by atoms with E-state index in [1.165, 1.54) is 50.6 Å². The van der Waals surface area contributed by atoms with Gasteiger partial charge in [0.2, 0.25) is 0 Å². The molecule has 8 nitrogen and oxygen atoms in total. The summed E-state index contributed by atoms with van der Waals surface area (Å²) in [7, 11) is 2.50. The summed E-state index contributed by atoms with van der Waals surface area (Å²) in [4.78, 5) is 32.3. The molecule has 0 aliphatic rings. The molecule has 0 spiro atoms. The predicted molar refractivity (Wildman–Crippen MR) is 89.0 cm³/mol. The lowest BCUT2D eigenvalue weighted by Gasteiger charge is -2.00. The molecular weight excluding hydrogens is 342 g/mol. The molecule has 0 unspecified atom stereocenters. The largest absolute Gasteiger partial charge is 0.507 e. The van der Waals surface area contributed by atoms with Gasteiger partial charge in [-0.05, 0) is 36.4 Å². The number of ether oxygens (including phenoxy) is 2. The second-order valence-corrected chi connectivity index (χ2v) is 4.72. The summed E-state index contributed by atoms with van der Waals surface area (Å²) in [6, 6.07) is 9.64. The average Bonchev–Trinajstić information content (AvgIpc) is 2.68. The van der Waals surface area contributed by atoms with Gasteiger partial charge < -0.3 is 19.7 Å². The van der Waals surface area contributed by atoms with Crippen LogP contribution in [0.3, 0.4) is 0 Å². The van der Waals surface area contributed by atoms with Crippen molar-refractivity contribution in [1.29, 1.82) is 5.26 Å². The van der Waals surface area contributed by atoms with E-state index in [-0.39, 0.29) is 33.8 Å². The highest BCUT2D eigenvalue weighted by Gasteiger charge is 2.09. The van der Waals surface area contributed by atoms with Crippen LogP contribution in [-0.2, 0) is 9.47 Å². The van der Waals surface area contributed by atoms with Crippen LogP contribution in [-0.4, -0.2) is 42.7 Å². The molecule has 0 aromatic heterocycles. The third-order valence-electron chi connectivity index (χ3n) is 3.11. The molecule has 8 heteroatoms. The van der Waals surface area contributed by atoms with Crippen molar-refractivity contribution in [3.63, 3.8) is 0 Å². The number of esters is 2. The van der Waals surface area contributed by atoms with Crippen molar-refractivity contribution in [2.45, 2.75) is 0 Å². The van der Waals surface area contributed by atoms with Crippen LogP contribution in [0.25, 0.3) is 0 Å². The van der Waals surface area contributed by atoms with Gasteiger partial charge in [0.15, 0.2) is 6.29 Å². The molecule has 26 heavy (non-hydrogen) atoms. The number of phenolic OH excluding ortho intramolecular Hbond substituents is 2. The number of carbonyl (C=O) groups excluding carboxylic acids is 3. The van der Waals surface area contributed by atoms with Crippen molar-refractivity contribution >= 4 is 18.2 Å². The number of methoxy groups -OCH3 is 2. The number of hydrogen-bond acceptors (Lipinski definition) is 8. The van der Waals surface area contributed by atoms with Crippen molar-refractivity contribution in [1.82, 2.24) is 0 Å². The van der Waals surface area contributed by atoms with Gasteiger partial charge >= 0.3 is 11.9 Å². The smallest absolute Gasteiger partial charge is 0.337 e. The Hall–Kier alpha value is -3.86. The third-order valence-corrected chi connectivity index (χ3v) is 3.11. The van der Waals surface area contributed by atoms with E-state index >= 15 is 0 Å². The Morgan fingerprint density at radius 1 is 0.962 bits per heavy atom. The van der Waals surface area contributed by atoms with Crippen molar-refractivity contribution < 1.29 is 34.1 Å². The molecule has 2 aromatic carbocycles. The van der Waals surface area contributed by atoms with Gasteiger partial charge in [-0.15, -0.1) is 0 Å². The number of benzene rings is 2. The molecule has 0 aliphatic carbocycles. The molecule has 0 fully saturated rings. The average molecular weight is 357 g/mol. The molecule has 134 valence electrons. The molecule has 2 aromatic rings. The first kappa shape index (κ1) is 20.2. The Morgan fingerprint density at radius 2 is 1.46 bits per heavy atom. The molecule has 0 atom stereocenters. The third kappa shape index (κ3) is 5.07. The van der Waals surface area contributed by atoms with Crippen LogP contribution in [0.2, 0.25) is 0 Å². The minimum absolute atomic E-state index is 0.0582. The highest BCUT2D eigenvalue weighted by molar-refractivity contribution is 5.92. The molecule has 2 N–H and O–H groups in total. The van der Waals surface area contributed by atoms with Gasteiger partial charge in [0.1, 0.15) is 17.6 Å². The van der Waals surface area contributed by atoms with E-state index in [9.17, 15) is 14.4 Å².